The van der Waals surface area contributed by atoms with Gasteiger partial charge in [-0.25, -0.2) is 0 Å². The van der Waals surface area contributed by atoms with E-state index in [1.54, 1.807) is 6.92 Å². The summed E-state index contributed by atoms with van der Waals surface area (Å²) in [6, 6.07) is 0. The number of hydrogen-bond acceptors (Lipinski definition) is 3. The molecule has 0 amide bonds. The summed E-state index contributed by atoms with van der Waals surface area (Å²) in [5.74, 6) is -0.192. The standard InChI is InChI=1S/C7H12O3/c1-2-10-7(9)5-3-6(8)4-5/h5-6,8H,2-4H2,1H3. The third kappa shape index (κ3) is 1.48. The molecule has 1 aliphatic rings. The summed E-state index contributed by atoms with van der Waals surface area (Å²) in [5, 5.41) is 8.83. The van der Waals surface area contributed by atoms with Crippen LogP contribution in [-0.2, 0) is 9.53 Å². The number of aliphatic hydroxyl groups excluding tert-OH is 1. The highest BCUT2D eigenvalue weighted by Gasteiger charge is 2.33. The summed E-state index contributed by atoms with van der Waals surface area (Å²) >= 11 is 0. The zero-order valence-corrected chi connectivity index (χ0v) is 6.04. The predicted octanol–water partition coefficient (Wildman–Crippen LogP) is 0.320. The van der Waals surface area contributed by atoms with Crippen molar-refractivity contribution in [1.29, 1.82) is 0 Å². The summed E-state index contributed by atoms with van der Waals surface area (Å²) in [7, 11) is 0. The van der Waals surface area contributed by atoms with Crippen LogP contribution in [0.5, 0.6) is 0 Å². The van der Waals surface area contributed by atoms with Crippen LogP contribution in [0.3, 0.4) is 0 Å². The van der Waals surface area contributed by atoms with Gasteiger partial charge in [0.2, 0.25) is 0 Å². The van der Waals surface area contributed by atoms with Crippen LogP contribution in [0.4, 0.5) is 0 Å². The van der Waals surface area contributed by atoms with Gasteiger partial charge < -0.3 is 9.84 Å². The lowest BCUT2D eigenvalue weighted by Crippen LogP contribution is -2.35. The molecule has 0 spiro atoms. The minimum absolute atomic E-state index is 0.0325. The minimum atomic E-state index is -0.269. The van der Waals surface area contributed by atoms with Gasteiger partial charge in [0.05, 0.1) is 18.6 Å². The average Bonchev–Trinajstić information content (AvgIpc) is 1.82. The molecule has 58 valence electrons. The molecule has 3 heteroatoms. The minimum Gasteiger partial charge on any atom is -0.466 e. The van der Waals surface area contributed by atoms with Crippen molar-refractivity contribution >= 4 is 5.97 Å². The van der Waals surface area contributed by atoms with Crippen LogP contribution < -0.4 is 0 Å². The lowest BCUT2D eigenvalue weighted by atomic mass is 9.83. The molecule has 1 rings (SSSR count). The lowest BCUT2D eigenvalue weighted by molar-refractivity contribution is -0.155. The molecule has 0 bridgehead atoms. The second-order valence-corrected chi connectivity index (χ2v) is 2.57. The Morgan fingerprint density at radius 1 is 1.70 bits per heavy atom. The van der Waals surface area contributed by atoms with Crippen molar-refractivity contribution in [3.63, 3.8) is 0 Å². The van der Waals surface area contributed by atoms with Gasteiger partial charge in [0.1, 0.15) is 0 Å². The largest absolute Gasteiger partial charge is 0.466 e. The number of hydrogen-bond donors (Lipinski definition) is 1. The van der Waals surface area contributed by atoms with E-state index in [4.69, 9.17) is 9.84 Å². The second-order valence-electron chi connectivity index (χ2n) is 2.57. The number of aliphatic hydroxyl groups is 1. The molecule has 0 atom stereocenters. The molecular weight excluding hydrogens is 132 g/mol. The van der Waals surface area contributed by atoms with E-state index in [-0.39, 0.29) is 18.0 Å². The van der Waals surface area contributed by atoms with Crippen molar-refractivity contribution in [2.24, 2.45) is 5.92 Å². The van der Waals surface area contributed by atoms with Crippen molar-refractivity contribution in [3.8, 4) is 0 Å². The van der Waals surface area contributed by atoms with Gasteiger partial charge in [-0.15, -0.1) is 0 Å². The average molecular weight is 144 g/mol. The van der Waals surface area contributed by atoms with Gasteiger partial charge >= 0.3 is 5.97 Å². The number of rotatable bonds is 2. The van der Waals surface area contributed by atoms with E-state index in [2.05, 4.69) is 0 Å². The maximum atomic E-state index is 10.8. The lowest BCUT2D eigenvalue weighted by Gasteiger charge is -2.28. The Balaban J connectivity index is 2.18. The van der Waals surface area contributed by atoms with Gasteiger partial charge in [0.15, 0.2) is 0 Å². The van der Waals surface area contributed by atoms with Crippen molar-refractivity contribution in [1.82, 2.24) is 0 Å². The van der Waals surface area contributed by atoms with Crippen LogP contribution in [0.1, 0.15) is 19.8 Å². The Bertz CT molecular complexity index is 127. The van der Waals surface area contributed by atoms with Gasteiger partial charge in [-0.3, -0.25) is 4.79 Å². The SMILES string of the molecule is CCOC(=O)C1CC(O)C1. The summed E-state index contributed by atoms with van der Waals surface area (Å²) < 4.78 is 4.74. The normalized spacial score (nSPS) is 31.0. The van der Waals surface area contributed by atoms with Crippen LogP contribution in [0.15, 0.2) is 0 Å². The Labute approximate surface area is 60.0 Å². The molecule has 1 saturated carbocycles. The van der Waals surface area contributed by atoms with Crippen LogP contribution in [0.2, 0.25) is 0 Å². The molecule has 0 aromatic heterocycles. The third-order valence-electron chi connectivity index (χ3n) is 1.73. The third-order valence-corrected chi connectivity index (χ3v) is 1.73. The molecule has 10 heavy (non-hydrogen) atoms. The molecule has 1 aliphatic carbocycles. The smallest absolute Gasteiger partial charge is 0.309 e. The fraction of sp³-hybridized carbons (Fsp3) is 0.857. The van der Waals surface area contributed by atoms with Crippen molar-refractivity contribution in [3.05, 3.63) is 0 Å². The molecule has 0 saturated heterocycles. The molecule has 0 radical (unpaired) electrons. The van der Waals surface area contributed by atoms with Gasteiger partial charge in [0.25, 0.3) is 0 Å². The van der Waals surface area contributed by atoms with Crippen molar-refractivity contribution in [2.45, 2.75) is 25.9 Å². The maximum Gasteiger partial charge on any atom is 0.309 e. The Morgan fingerprint density at radius 3 is 2.70 bits per heavy atom. The Morgan fingerprint density at radius 2 is 2.30 bits per heavy atom. The van der Waals surface area contributed by atoms with Gasteiger partial charge in [-0.2, -0.15) is 0 Å². The number of carbonyl (C=O) groups is 1. The second kappa shape index (κ2) is 3.01. The van der Waals surface area contributed by atoms with E-state index in [0.717, 1.165) is 0 Å². The first-order chi connectivity index (χ1) is 4.74. The van der Waals surface area contributed by atoms with Crippen LogP contribution >= 0.6 is 0 Å². The highest BCUT2D eigenvalue weighted by Crippen LogP contribution is 2.27. The topological polar surface area (TPSA) is 46.5 Å². The molecule has 1 fully saturated rings. The van der Waals surface area contributed by atoms with E-state index in [9.17, 15) is 4.79 Å². The Hall–Kier alpha value is -0.570. The van der Waals surface area contributed by atoms with Gasteiger partial charge in [-0.1, -0.05) is 0 Å². The van der Waals surface area contributed by atoms with Gasteiger partial charge in [-0.05, 0) is 19.8 Å². The fourth-order valence-electron chi connectivity index (χ4n) is 1.04. The van der Waals surface area contributed by atoms with E-state index >= 15 is 0 Å². The first-order valence-corrected chi connectivity index (χ1v) is 3.58. The van der Waals surface area contributed by atoms with E-state index in [1.165, 1.54) is 0 Å². The number of carbonyl (C=O) groups excluding carboxylic acids is 1. The van der Waals surface area contributed by atoms with Gasteiger partial charge in [0, 0.05) is 0 Å². The van der Waals surface area contributed by atoms with Crippen LogP contribution in [-0.4, -0.2) is 23.8 Å². The molecule has 0 heterocycles. The van der Waals surface area contributed by atoms with Crippen molar-refractivity contribution < 1.29 is 14.6 Å². The monoisotopic (exact) mass is 144 g/mol. The zero-order chi connectivity index (χ0) is 7.56. The molecule has 0 aromatic rings. The summed E-state index contributed by atoms with van der Waals surface area (Å²) in [6.45, 7) is 2.22. The molecule has 1 N–H and O–H groups in total. The molecule has 0 aliphatic heterocycles. The summed E-state index contributed by atoms with van der Waals surface area (Å²) in [5.41, 5.74) is 0. The molecular formula is C7H12O3. The first-order valence-electron chi connectivity index (χ1n) is 3.58. The fourth-order valence-corrected chi connectivity index (χ4v) is 1.04. The molecule has 0 aromatic carbocycles. The zero-order valence-electron chi connectivity index (χ0n) is 6.04. The first kappa shape index (κ1) is 7.54. The van der Waals surface area contributed by atoms with E-state index in [0.29, 0.717) is 19.4 Å². The molecule has 3 nitrogen and oxygen atoms in total. The van der Waals surface area contributed by atoms with Crippen molar-refractivity contribution in [2.75, 3.05) is 6.61 Å². The van der Waals surface area contributed by atoms with Crippen LogP contribution in [0.25, 0.3) is 0 Å². The Kier molecular flexibility index (Phi) is 2.27. The molecule has 0 unspecified atom stereocenters. The highest BCUT2D eigenvalue weighted by molar-refractivity contribution is 5.73. The number of esters is 1. The quantitative estimate of drug-likeness (QED) is 0.568. The van der Waals surface area contributed by atoms with E-state index < -0.39 is 0 Å². The predicted molar refractivity (Wildman–Crippen MR) is 35.4 cm³/mol. The number of ether oxygens (including phenoxy) is 1. The van der Waals surface area contributed by atoms with Crippen LogP contribution in [0, 0.1) is 5.92 Å². The summed E-state index contributed by atoms with van der Waals surface area (Å²) in [6.07, 6.45) is 0.895. The summed E-state index contributed by atoms with van der Waals surface area (Å²) in [4.78, 5) is 10.8. The highest BCUT2D eigenvalue weighted by atomic mass is 16.5. The van der Waals surface area contributed by atoms with E-state index in [1.807, 2.05) is 0 Å². The maximum absolute atomic E-state index is 10.8.